The molecule has 0 bridgehead atoms. The molecule has 0 aromatic rings. The van der Waals surface area contributed by atoms with Gasteiger partial charge in [-0.15, -0.1) is 0 Å². The van der Waals surface area contributed by atoms with E-state index in [-0.39, 0.29) is 0 Å². The molecular formula is C11H22N2. The zero-order chi connectivity index (χ0) is 9.47. The van der Waals surface area contributed by atoms with E-state index in [0.717, 1.165) is 11.5 Å². The fourth-order valence-electron chi connectivity index (χ4n) is 2.71. The van der Waals surface area contributed by atoms with Crippen molar-refractivity contribution in [3.8, 4) is 0 Å². The lowest BCUT2D eigenvalue weighted by Crippen LogP contribution is -2.72. The smallest absolute Gasteiger partial charge is 0.0212 e. The van der Waals surface area contributed by atoms with Crippen molar-refractivity contribution < 1.29 is 0 Å². The van der Waals surface area contributed by atoms with Gasteiger partial charge < -0.3 is 4.90 Å². The summed E-state index contributed by atoms with van der Waals surface area (Å²) in [6, 6.07) is 0.807. The van der Waals surface area contributed by atoms with Gasteiger partial charge in [0.1, 0.15) is 0 Å². The highest BCUT2D eigenvalue weighted by atomic mass is 15.3. The highest BCUT2D eigenvalue weighted by molar-refractivity contribution is 5.06. The van der Waals surface area contributed by atoms with Crippen molar-refractivity contribution in [2.24, 2.45) is 5.41 Å². The molecule has 0 aromatic carbocycles. The summed E-state index contributed by atoms with van der Waals surface area (Å²) in [4.78, 5) is 5.18. The molecule has 2 nitrogen and oxygen atoms in total. The Balaban J connectivity index is 1.73. The molecule has 0 aliphatic carbocycles. The number of hydrogen-bond donors (Lipinski definition) is 0. The van der Waals surface area contributed by atoms with Crippen LogP contribution in [-0.2, 0) is 0 Å². The Morgan fingerprint density at radius 2 is 1.77 bits per heavy atom. The van der Waals surface area contributed by atoms with Gasteiger partial charge in [-0.3, -0.25) is 4.90 Å². The van der Waals surface area contributed by atoms with E-state index in [1.54, 1.807) is 0 Å². The van der Waals surface area contributed by atoms with Gasteiger partial charge in [0.05, 0.1) is 0 Å². The van der Waals surface area contributed by atoms with Crippen LogP contribution in [0.3, 0.4) is 0 Å². The average molecular weight is 182 g/mol. The molecule has 0 amide bonds. The van der Waals surface area contributed by atoms with E-state index in [4.69, 9.17) is 0 Å². The average Bonchev–Trinajstić information content (AvgIpc) is 1.99. The fourth-order valence-corrected chi connectivity index (χ4v) is 2.71. The minimum atomic E-state index is 0.722. The molecule has 0 radical (unpaired) electrons. The van der Waals surface area contributed by atoms with Crippen molar-refractivity contribution in [1.82, 2.24) is 9.80 Å². The van der Waals surface area contributed by atoms with E-state index in [1.807, 2.05) is 0 Å². The van der Waals surface area contributed by atoms with Gasteiger partial charge in [0.15, 0.2) is 0 Å². The lowest BCUT2D eigenvalue weighted by atomic mass is 9.72. The molecule has 0 aromatic heterocycles. The lowest BCUT2D eigenvalue weighted by molar-refractivity contribution is -0.126. The van der Waals surface area contributed by atoms with E-state index in [0.29, 0.717) is 0 Å². The molecule has 2 saturated heterocycles. The Hall–Kier alpha value is -0.0800. The molecule has 76 valence electrons. The first-order chi connectivity index (χ1) is 6.19. The first-order valence-corrected chi connectivity index (χ1v) is 5.65. The van der Waals surface area contributed by atoms with E-state index < -0.39 is 0 Å². The molecule has 2 aliphatic rings. The van der Waals surface area contributed by atoms with Gasteiger partial charge in [-0.05, 0) is 19.9 Å². The van der Waals surface area contributed by atoms with E-state index in [1.165, 1.54) is 39.1 Å². The molecule has 2 fully saturated rings. The quantitative estimate of drug-likeness (QED) is 0.651. The molecule has 1 spiro atoms. The van der Waals surface area contributed by atoms with Gasteiger partial charge in [0.25, 0.3) is 0 Å². The topological polar surface area (TPSA) is 6.48 Å². The fraction of sp³-hybridized carbons (Fsp3) is 1.00. The van der Waals surface area contributed by atoms with Gasteiger partial charge in [-0.2, -0.15) is 0 Å². The van der Waals surface area contributed by atoms with E-state index in [2.05, 4.69) is 30.6 Å². The van der Waals surface area contributed by atoms with Crippen LogP contribution in [0.1, 0.15) is 27.2 Å². The van der Waals surface area contributed by atoms with Gasteiger partial charge >= 0.3 is 0 Å². The summed E-state index contributed by atoms with van der Waals surface area (Å²) >= 11 is 0. The normalized spacial score (nSPS) is 29.8. The standard InChI is InChI=1S/C11H22N2/c1-4-10(3)13-8-11(9-13)6-12(5-2)7-11/h10H,4-9H2,1-3H3. The number of likely N-dealkylation sites (tertiary alicyclic amines) is 2. The number of nitrogens with zero attached hydrogens (tertiary/aromatic N) is 2. The monoisotopic (exact) mass is 182 g/mol. The Labute approximate surface area is 81.9 Å². The third-order valence-corrected chi connectivity index (χ3v) is 3.86. The van der Waals surface area contributed by atoms with Crippen LogP contribution in [0.25, 0.3) is 0 Å². The van der Waals surface area contributed by atoms with Crippen LogP contribution >= 0.6 is 0 Å². The van der Waals surface area contributed by atoms with Crippen molar-refractivity contribution in [1.29, 1.82) is 0 Å². The van der Waals surface area contributed by atoms with Crippen LogP contribution in [-0.4, -0.2) is 48.6 Å². The second kappa shape index (κ2) is 3.25. The van der Waals surface area contributed by atoms with Crippen LogP contribution in [0, 0.1) is 5.41 Å². The third-order valence-electron chi connectivity index (χ3n) is 3.86. The summed E-state index contributed by atoms with van der Waals surface area (Å²) in [5.74, 6) is 0. The van der Waals surface area contributed by atoms with Gasteiger partial charge in [-0.1, -0.05) is 13.8 Å². The van der Waals surface area contributed by atoms with Crippen molar-refractivity contribution >= 4 is 0 Å². The van der Waals surface area contributed by atoms with Crippen molar-refractivity contribution in [3.63, 3.8) is 0 Å². The summed E-state index contributed by atoms with van der Waals surface area (Å²) in [5, 5.41) is 0. The summed E-state index contributed by atoms with van der Waals surface area (Å²) in [6.45, 7) is 13.6. The van der Waals surface area contributed by atoms with E-state index in [9.17, 15) is 0 Å². The van der Waals surface area contributed by atoms with Crippen LogP contribution in [0.2, 0.25) is 0 Å². The predicted octanol–water partition coefficient (Wildman–Crippen LogP) is 1.42. The van der Waals surface area contributed by atoms with Crippen LogP contribution in [0.4, 0.5) is 0 Å². The maximum absolute atomic E-state index is 2.63. The Kier molecular flexibility index (Phi) is 2.37. The summed E-state index contributed by atoms with van der Waals surface area (Å²) in [7, 11) is 0. The summed E-state index contributed by atoms with van der Waals surface area (Å²) in [5.41, 5.74) is 0.722. The minimum absolute atomic E-state index is 0.722. The molecule has 2 aliphatic heterocycles. The van der Waals surface area contributed by atoms with Gasteiger partial charge in [0, 0.05) is 37.6 Å². The molecule has 2 rings (SSSR count). The zero-order valence-electron chi connectivity index (χ0n) is 9.21. The summed E-state index contributed by atoms with van der Waals surface area (Å²) in [6.07, 6.45) is 1.30. The van der Waals surface area contributed by atoms with Crippen molar-refractivity contribution in [2.75, 3.05) is 32.7 Å². The maximum Gasteiger partial charge on any atom is 0.0212 e. The highest BCUT2D eigenvalue weighted by Gasteiger charge is 2.51. The molecule has 13 heavy (non-hydrogen) atoms. The Bertz CT molecular complexity index is 177. The molecule has 1 unspecified atom stereocenters. The Morgan fingerprint density at radius 3 is 2.23 bits per heavy atom. The van der Waals surface area contributed by atoms with E-state index >= 15 is 0 Å². The second-order valence-electron chi connectivity index (χ2n) is 4.97. The van der Waals surface area contributed by atoms with Gasteiger partial charge in [-0.25, -0.2) is 0 Å². The third kappa shape index (κ3) is 1.50. The summed E-state index contributed by atoms with van der Waals surface area (Å²) < 4.78 is 0. The molecular weight excluding hydrogens is 160 g/mol. The van der Waals surface area contributed by atoms with Crippen LogP contribution in [0.5, 0.6) is 0 Å². The second-order valence-corrected chi connectivity index (χ2v) is 4.97. The van der Waals surface area contributed by atoms with Crippen molar-refractivity contribution in [2.45, 2.75) is 33.2 Å². The molecule has 0 saturated carbocycles. The molecule has 2 heteroatoms. The minimum Gasteiger partial charge on any atom is -0.302 e. The Morgan fingerprint density at radius 1 is 1.15 bits per heavy atom. The number of rotatable bonds is 3. The van der Waals surface area contributed by atoms with Crippen LogP contribution in [0.15, 0.2) is 0 Å². The SMILES string of the molecule is CCC(C)N1CC2(CN(CC)C2)C1. The highest BCUT2D eigenvalue weighted by Crippen LogP contribution is 2.40. The first kappa shape index (κ1) is 9.47. The molecule has 1 atom stereocenters. The molecule has 0 N–H and O–H groups in total. The van der Waals surface area contributed by atoms with Gasteiger partial charge in [0.2, 0.25) is 0 Å². The first-order valence-electron chi connectivity index (χ1n) is 5.65. The maximum atomic E-state index is 2.63. The lowest BCUT2D eigenvalue weighted by Gasteiger charge is -2.61. The largest absolute Gasteiger partial charge is 0.302 e. The van der Waals surface area contributed by atoms with Crippen LogP contribution < -0.4 is 0 Å². The zero-order valence-corrected chi connectivity index (χ0v) is 9.21. The number of hydrogen-bond acceptors (Lipinski definition) is 2. The predicted molar refractivity (Wildman–Crippen MR) is 55.9 cm³/mol. The molecule has 2 heterocycles. The van der Waals surface area contributed by atoms with Crippen molar-refractivity contribution in [3.05, 3.63) is 0 Å².